The summed E-state index contributed by atoms with van der Waals surface area (Å²) in [6.07, 6.45) is 0. The lowest BCUT2D eigenvalue weighted by molar-refractivity contribution is 0.0991. The number of hydrogen-bond acceptors (Lipinski definition) is 2. The van der Waals surface area contributed by atoms with E-state index in [2.05, 4.69) is 28.6 Å². The zero-order valence-corrected chi connectivity index (χ0v) is 10.2. The van der Waals surface area contributed by atoms with Crippen LogP contribution in [0.15, 0.2) is 27.6 Å². The quantitative estimate of drug-likeness (QED) is 0.498. The summed E-state index contributed by atoms with van der Waals surface area (Å²) >= 11 is 13.2. The summed E-state index contributed by atoms with van der Waals surface area (Å²) in [4.78, 5) is 12.2. The molecule has 0 N–H and O–H groups in total. The molecule has 1 rings (SSSR count). The molecule has 70 valence electrons. The summed E-state index contributed by atoms with van der Waals surface area (Å²) in [5.41, 5.74) is 0.593. The Morgan fingerprint density at radius 3 is 2.69 bits per heavy atom. The molecule has 0 bridgehead atoms. The summed E-state index contributed by atoms with van der Waals surface area (Å²) in [6.45, 7) is 1.66. The molecule has 0 aliphatic rings. The van der Waals surface area contributed by atoms with Gasteiger partial charge in [0.25, 0.3) is 0 Å². The third-order valence-electron chi connectivity index (χ3n) is 1.59. The maximum absolute atomic E-state index is 11.4. The largest absolute Gasteiger partial charge is 0.293 e. The van der Waals surface area contributed by atoms with Crippen molar-refractivity contribution in [1.29, 1.82) is 0 Å². The van der Waals surface area contributed by atoms with Crippen molar-refractivity contribution >= 4 is 45.9 Å². The van der Waals surface area contributed by atoms with E-state index in [1.54, 1.807) is 25.1 Å². The first-order valence-electron chi connectivity index (χ1n) is 3.69. The average Bonchev–Trinajstić information content (AvgIpc) is 2.08. The lowest BCUT2D eigenvalue weighted by Crippen LogP contribution is -2.10. The number of Topliss-reactive ketones (excluding diaryl/α,β-unsaturated/α-hetero) is 1. The fraction of sp³-hybridized carbons (Fsp3) is 0.222. The van der Waals surface area contributed by atoms with E-state index < -0.39 is 5.38 Å². The summed E-state index contributed by atoms with van der Waals surface area (Å²) in [7, 11) is 0. The first-order chi connectivity index (χ1) is 6.02. The van der Waals surface area contributed by atoms with Crippen molar-refractivity contribution in [3.8, 4) is 0 Å². The SMILES string of the molecule is CC(Cl)C(=O)c1ccc(Br)c(S)c1. The van der Waals surface area contributed by atoms with Crippen LogP contribution in [0.25, 0.3) is 0 Å². The zero-order valence-electron chi connectivity index (χ0n) is 6.92. The molecule has 1 atom stereocenters. The van der Waals surface area contributed by atoms with Gasteiger partial charge in [0.2, 0.25) is 0 Å². The lowest BCUT2D eigenvalue weighted by atomic mass is 10.1. The average molecular weight is 280 g/mol. The summed E-state index contributed by atoms with van der Waals surface area (Å²) in [6, 6.07) is 5.22. The minimum absolute atomic E-state index is 0.0792. The molecule has 0 heterocycles. The highest BCUT2D eigenvalue weighted by Crippen LogP contribution is 2.22. The minimum atomic E-state index is -0.492. The van der Waals surface area contributed by atoms with Crippen molar-refractivity contribution in [1.82, 2.24) is 0 Å². The minimum Gasteiger partial charge on any atom is -0.293 e. The molecule has 0 aliphatic carbocycles. The standard InChI is InChI=1S/C9H8BrClOS/c1-5(11)9(12)6-2-3-7(10)8(13)4-6/h2-5,13H,1H3. The van der Waals surface area contributed by atoms with E-state index in [1.807, 2.05) is 0 Å². The molecular formula is C9H8BrClOS. The van der Waals surface area contributed by atoms with Gasteiger partial charge in [0.15, 0.2) is 5.78 Å². The lowest BCUT2D eigenvalue weighted by Gasteiger charge is -2.04. The van der Waals surface area contributed by atoms with Crippen LogP contribution in [0.2, 0.25) is 0 Å². The van der Waals surface area contributed by atoms with E-state index in [0.29, 0.717) is 5.56 Å². The third-order valence-corrected chi connectivity index (χ3v) is 3.16. The maximum Gasteiger partial charge on any atom is 0.180 e. The number of carbonyl (C=O) groups excluding carboxylic acids is 1. The first-order valence-corrected chi connectivity index (χ1v) is 5.37. The summed E-state index contributed by atoms with van der Waals surface area (Å²) in [5.74, 6) is -0.0792. The second-order valence-corrected chi connectivity index (χ2v) is 4.64. The number of alkyl halides is 1. The second kappa shape index (κ2) is 4.49. The van der Waals surface area contributed by atoms with Crippen molar-refractivity contribution in [2.45, 2.75) is 17.2 Å². The van der Waals surface area contributed by atoms with Gasteiger partial charge in [-0.15, -0.1) is 24.2 Å². The molecule has 0 aliphatic heterocycles. The molecule has 0 saturated heterocycles. The van der Waals surface area contributed by atoms with Gasteiger partial charge >= 0.3 is 0 Å². The molecule has 0 spiro atoms. The molecule has 1 aromatic carbocycles. The Bertz CT molecular complexity index is 338. The molecule has 0 saturated carbocycles. The van der Waals surface area contributed by atoms with Crippen molar-refractivity contribution in [3.63, 3.8) is 0 Å². The van der Waals surface area contributed by atoms with Gasteiger partial charge in [0.05, 0.1) is 5.38 Å². The van der Waals surface area contributed by atoms with Crippen molar-refractivity contribution in [2.75, 3.05) is 0 Å². The van der Waals surface area contributed by atoms with E-state index in [0.717, 1.165) is 9.37 Å². The van der Waals surface area contributed by atoms with E-state index >= 15 is 0 Å². The molecule has 1 unspecified atom stereocenters. The van der Waals surface area contributed by atoms with Crippen LogP contribution in [0.1, 0.15) is 17.3 Å². The monoisotopic (exact) mass is 278 g/mol. The Kier molecular flexibility index (Phi) is 3.83. The normalized spacial score (nSPS) is 12.6. The van der Waals surface area contributed by atoms with E-state index in [1.165, 1.54) is 0 Å². The number of carbonyl (C=O) groups is 1. The fourth-order valence-corrected chi connectivity index (χ4v) is 1.48. The van der Waals surface area contributed by atoms with Crippen LogP contribution in [0, 0.1) is 0 Å². The van der Waals surface area contributed by atoms with Crippen LogP contribution < -0.4 is 0 Å². The maximum atomic E-state index is 11.4. The molecule has 0 amide bonds. The number of halogens is 2. The zero-order chi connectivity index (χ0) is 10.0. The fourth-order valence-electron chi connectivity index (χ4n) is 0.896. The van der Waals surface area contributed by atoms with Gasteiger partial charge in [-0.05, 0) is 35.0 Å². The van der Waals surface area contributed by atoms with Gasteiger partial charge in [-0.3, -0.25) is 4.79 Å². The predicted octanol–water partition coefficient (Wildman–Crippen LogP) is 3.55. The van der Waals surface area contributed by atoms with Crippen LogP contribution in [-0.4, -0.2) is 11.2 Å². The van der Waals surface area contributed by atoms with Crippen LogP contribution in [0.3, 0.4) is 0 Å². The Balaban J connectivity index is 3.04. The first kappa shape index (κ1) is 11.1. The number of ketones is 1. The van der Waals surface area contributed by atoms with Crippen molar-refractivity contribution in [2.24, 2.45) is 0 Å². The Labute approximate surface area is 96.0 Å². The Hall–Kier alpha value is 0.01000. The van der Waals surface area contributed by atoms with Crippen LogP contribution in [0.4, 0.5) is 0 Å². The van der Waals surface area contributed by atoms with Gasteiger partial charge < -0.3 is 0 Å². The van der Waals surface area contributed by atoms with Crippen LogP contribution in [-0.2, 0) is 0 Å². The third kappa shape index (κ3) is 2.73. The molecule has 1 aromatic rings. The van der Waals surface area contributed by atoms with Gasteiger partial charge in [0, 0.05) is 14.9 Å². The molecule has 0 radical (unpaired) electrons. The Morgan fingerprint density at radius 1 is 1.62 bits per heavy atom. The summed E-state index contributed by atoms with van der Waals surface area (Å²) < 4.78 is 0.870. The van der Waals surface area contributed by atoms with Crippen LogP contribution in [0.5, 0.6) is 0 Å². The summed E-state index contributed by atoms with van der Waals surface area (Å²) in [5, 5.41) is -0.492. The predicted molar refractivity (Wildman–Crippen MR) is 61.0 cm³/mol. The Morgan fingerprint density at radius 2 is 2.23 bits per heavy atom. The molecule has 1 nitrogen and oxygen atoms in total. The molecule has 13 heavy (non-hydrogen) atoms. The number of rotatable bonds is 2. The van der Waals surface area contributed by atoms with Gasteiger partial charge in [-0.25, -0.2) is 0 Å². The smallest absolute Gasteiger partial charge is 0.180 e. The second-order valence-electron chi connectivity index (χ2n) is 2.65. The highest BCUT2D eigenvalue weighted by Gasteiger charge is 2.12. The van der Waals surface area contributed by atoms with E-state index in [4.69, 9.17) is 11.6 Å². The molecule has 0 aromatic heterocycles. The van der Waals surface area contributed by atoms with Crippen molar-refractivity contribution in [3.05, 3.63) is 28.2 Å². The topological polar surface area (TPSA) is 17.1 Å². The molecule has 4 heteroatoms. The van der Waals surface area contributed by atoms with E-state index in [9.17, 15) is 4.79 Å². The van der Waals surface area contributed by atoms with Gasteiger partial charge in [-0.2, -0.15) is 0 Å². The van der Waals surface area contributed by atoms with Crippen LogP contribution >= 0.6 is 40.2 Å². The highest BCUT2D eigenvalue weighted by atomic mass is 79.9. The number of thiol groups is 1. The van der Waals surface area contributed by atoms with E-state index in [-0.39, 0.29) is 5.78 Å². The van der Waals surface area contributed by atoms with Gasteiger partial charge in [-0.1, -0.05) is 6.07 Å². The van der Waals surface area contributed by atoms with Crippen molar-refractivity contribution < 1.29 is 4.79 Å². The number of benzene rings is 1. The highest BCUT2D eigenvalue weighted by molar-refractivity contribution is 9.10. The molecule has 0 fully saturated rings. The van der Waals surface area contributed by atoms with Gasteiger partial charge in [0.1, 0.15) is 0 Å². The number of hydrogen-bond donors (Lipinski definition) is 1. The molecular weight excluding hydrogens is 272 g/mol.